The SMILES string of the molecule is C[C@@H](Nc1nc(Cl)nc2c1CN(C(=O)N1CCNc3ncncc31)C2)c1cc(N)cc(C(F)(F)F)c1. The number of amides is 2. The molecule has 0 radical (unpaired) electrons. The van der Waals surface area contributed by atoms with E-state index < -0.39 is 17.8 Å². The van der Waals surface area contributed by atoms with Gasteiger partial charge in [-0.1, -0.05) is 0 Å². The van der Waals surface area contributed by atoms with Crippen LogP contribution in [0.2, 0.25) is 5.28 Å². The van der Waals surface area contributed by atoms with Gasteiger partial charge in [0.15, 0.2) is 5.82 Å². The van der Waals surface area contributed by atoms with Gasteiger partial charge in [-0.2, -0.15) is 13.2 Å². The van der Waals surface area contributed by atoms with Crippen molar-refractivity contribution >= 4 is 40.6 Å². The van der Waals surface area contributed by atoms with Gasteiger partial charge < -0.3 is 21.3 Å². The fourth-order valence-corrected chi connectivity index (χ4v) is 4.48. The molecule has 4 N–H and O–H groups in total. The molecule has 1 aromatic carbocycles. The van der Waals surface area contributed by atoms with Gasteiger partial charge in [-0.25, -0.2) is 24.7 Å². The van der Waals surface area contributed by atoms with Crippen molar-refractivity contribution in [2.75, 3.05) is 34.4 Å². The molecule has 1 atom stereocenters. The van der Waals surface area contributed by atoms with Gasteiger partial charge in [0, 0.05) is 24.3 Å². The number of rotatable bonds is 3. The number of nitrogens with zero attached hydrogens (tertiary/aromatic N) is 6. The summed E-state index contributed by atoms with van der Waals surface area (Å²) in [7, 11) is 0. The molecule has 2 amide bonds. The Balaban J connectivity index is 1.39. The van der Waals surface area contributed by atoms with Crippen molar-refractivity contribution in [3.63, 3.8) is 0 Å². The molecular formula is C22H21ClF3N9O. The Morgan fingerprint density at radius 2 is 2.06 bits per heavy atom. The van der Waals surface area contributed by atoms with E-state index in [0.717, 1.165) is 12.1 Å². The zero-order chi connectivity index (χ0) is 25.6. The first-order valence-corrected chi connectivity index (χ1v) is 11.4. The number of nitrogen functional groups attached to an aromatic ring is 1. The number of fused-ring (bicyclic) bond motifs is 2. The average Bonchev–Trinajstić information content (AvgIpc) is 3.26. The van der Waals surface area contributed by atoms with Crippen molar-refractivity contribution in [1.29, 1.82) is 0 Å². The standard InChI is InChI=1S/C22H21ClF3N9O/c1-11(12-4-13(22(24,25)26)6-14(27)5-12)31-18-15-8-34(9-16(15)32-20(23)33-18)21(36)35-3-2-29-19-17(35)7-28-10-30-19/h4-7,10-11H,2-3,8-9,27H2,1H3,(H,28,29,30)(H,31,32,33)/t11-/m1/s1. The molecule has 0 bridgehead atoms. The lowest BCUT2D eigenvalue weighted by Crippen LogP contribution is -2.45. The molecule has 14 heteroatoms. The van der Waals surface area contributed by atoms with Crippen molar-refractivity contribution in [3.8, 4) is 0 Å². The molecule has 36 heavy (non-hydrogen) atoms. The Hall–Kier alpha value is -3.87. The maximum absolute atomic E-state index is 13.4. The Morgan fingerprint density at radius 3 is 2.83 bits per heavy atom. The Labute approximate surface area is 208 Å². The lowest BCUT2D eigenvalue weighted by molar-refractivity contribution is -0.137. The number of aromatic nitrogens is 4. The molecule has 10 nitrogen and oxygen atoms in total. The molecule has 4 heterocycles. The summed E-state index contributed by atoms with van der Waals surface area (Å²) in [6, 6.07) is 2.54. The fourth-order valence-electron chi connectivity index (χ4n) is 4.29. The number of halogens is 4. The molecule has 0 spiro atoms. The number of hydrogen-bond acceptors (Lipinski definition) is 8. The summed E-state index contributed by atoms with van der Waals surface area (Å²) in [5.41, 5.74) is 6.97. The summed E-state index contributed by atoms with van der Waals surface area (Å²) in [6.07, 6.45) is -1.56. The molecule has 0 aliphatic carbocycles. The van der Waals surface area contributed by atoms with Crippen LogP contribution in [-0.2, 0) is 19.3 Å². The zero-order valence-corrected chi connectivity index (χ0v) is 19.7. The van der Waals surface area contributed by atoms with Crippen LogP contribution in [0.15, 0.2) is 30.7 Å². The van der Waals surface area contributed by atoms with E-state index in [4.69, 9.17) is 17.3 Å². The minimum absolute atomic E-state index is 0.00326. The molecule has 0 unspecified atom stereocenters. The van der Waals surface area contributed by atoms with Crippen LogP contribution < -0.4 is 21.3 Å². The second-order valence-electron chi connectivity index (χ2n) is 8.49. The van der Waals surface area contributed by atoms with E-state index in [1.165, 1.54) is 12.4 Å². The number of urea groups is 1. The highest BCUT2D eigenvalue weighted by atomic mass is 35.5. The van der Waals surface area contributed by atoms with Crippen LogP contribution in [0.1, 0.15) is 35.3 Å². The number of carbonyl (C=O) groups is 1. The predicted octanol–water partition coefficient (Wildman–Crippen LogP) is 4.06. The normalized spacial score (nSPS) is 15.7. The largest absolute Gasteiger partial charge is 0.416 e. The van der Waals surface area contributed by atoms with Crippen molar-refractivity contribution in [2.24, 2.45) is 0 Å². The minimum Gasteiger partial charge on any atom is -0.399 e. The van der Waals surface area contributed by atoms with E-state index in [-0.39, 0.29) is 30.1 Å². The minimum atomic E-state index is -4.53. The van der Waals surface area contributed by atoms with E-state index in [2.05, 4.69) is 30.6 Å². The van der Waals surface area contributed by atoms with Gasteiger partial charge in [0.2, 0.25) is 5.28 Å². The number of carbonyl (C=O) groups excluding carboxylic acids is 1. The Kier molecular flexibility index (Phi) is 5.94. The number of hydrogen-bond donors (Lipinski definition) is 3. The van der Waals surface area contributed by atoms with Crippen LogP contribution in [0.5, 0.6) is 0 Å². The summed E-state index contributed by atoms with van der Waals surface area (Å²) in [5, 5.41) is 6.21. The number of anilines is 4. The molecule has 2 aromatic heterocycles. The third-order valence-corrected chi connectivity index (χ3v) is 6.20. The third kappa shape index (κ3) is 4.53. The van der Waals surface area contributed by atoms with Gasteiger partial charge in [0.25, 0.3) is 0 Å². The predicted molar refractivity (Wildman–Crippen MR) is 127 cm³/mol. The average molecular weight is 520 g/mol. The highest BCUT2D eigenvalue weighted by Gasteiger charge is 2.34. The molecule has 3 aromatic rings. The van der Waals surface area contributed by atoms with E-state index >= 15 is 0 Å². The van der Waals surface area contributed by atoms with Gasteiger partial charge in [0.1, 0.15) is 17.8 Å². The first kappa shape index (κ1) is 23.9. The molecule has 0 saturated heterocycles. The third-order valence-electron chi connectivity index (χ3n) is 6.03. The molecule has 0 saturated carbocycles. The summed E-state index contributed by atoms with van der Waals surface area (Å²) >= 11 is 6.14. The van der Waals surface area contributed by atoms with Crippen LogP contribution in [0, 0.1) is 0 Å². The van der Waals surface area contributed by atoms with Crippen molar-refractivity contribution < 1.29 is 18.0 Å². The molecular weight excluding hydrogens is 499 g/mol. The van der Waals surface area contributed by atoms with E-state index in [0.29, 0.717) is 47.2 Å². The number of alkyl halides is 3. The monoisotopic (exact) mass is 519 g/mol. The quantitative estimate of drug-likeness (QED) is 0.349. The number of nitrogens with one attached hydrogen (secondary N) is 2. The van der Waals surface area contributed by atoms with Crippen molar-refractivity contribution in [2.45, 2.75) is 32.2 Å². The van der Waals surface area contributed by atoms with Gasteiger partial charge >= 0.3 is 12.2 Å². The van der Waals surface area contributed by atoms with Crippen molar-refractivity contribution in [1.82, 2.24) is 24.8 Å². The summed E-state index contributed by atoms with van der Waals surface area (Å²) in [6.45, 7) is 3.04. The van der Waals surface area contributed by atoms with Crippen LogP contribution in [0.25, 0.3) is 0 Å². The fraction of sp³-hybridized carbons (Fsp3) is 0.318. The molecule has 5 rings (SSSR count). The summed E-state index contributed by atoms with van der Waals surface area (Å²) in [4.78, 5) is 33.3. The Bertz CT molecular complexity index is 1340. The first-order valence-electron chi connectivity index (χ1n) is 11.0. The van der Waals surface area contributed by atoms with Gasteiger partial charge in [-0.05, 0) is 42.3 Å². The zero-order valence-electron chi connectivity index (χ0n) is 19.0. The van der Waals surface area contributed by atoms with E-state index in [9.17, 15) is 18.0 Å². The van der Waals surface area contributed by atoms with Crippen LogP contribution in [0.3, 0.4) is 0 Å². The highest BCUT2D eigenvalue weighted by Crippen LogP contribution is 2.36. The molecule has 2 aliphatic heterocycles. The molecule has 188 valence electrons. The van der Waals surface area contributed by atoms with E-state index in [1.807, 2.05) is 0 Å². The lowest BCUT2D eigenvalue weighted by Gasteiger charge is -2.32. The number of benzene rings is 1. The van der Waals surface area contributed by atoms with Crippen LogP contribution in [0.4, 0.5) is 41.0 Å². The topological polar surface area (TPSA) is 125 Å². The van der Waals surface area contributed by atoms with Gasteiger partial charge in [-0.15, -0.1) is 0 Å². The van der Waals surface area contributed by atoms with Gasteiger partial charge in [-0.3, -0.25) is 4.90 Å². The summed E-state index contributed by atoms with van der Waals surface area (Å²) < 4.78 is 39.8. The summed E-state index contributed by atoms with van der Waals surface area (Å²) in [5.74, 6) is 0.911. The second kappa shape index (κ2) is 8.97. The maximum Gasteiger partial charge on any atom is 0.416 e. The second-order valence-corrected chi connectivity index (χ2v) is 8.83. The maximum atomic E-state index is 13.4. The smallest absolute Gasteiger partial charge is 0.399 e. The van der Waals surface area contributed by atoms with Crippen LogP contribution in [-0.4, -0.2) is 44.0 Å². The molecule has 2 aliphatic rings. The Morgan fingerprint density at radius 1 is 1.25 bits per heavy atom. The highest BCUT2D eigenvalue weighted by molar-refractivity contribution is 6.28. The van der Waals surface area contributed by atoms with Gasteiger partial charge in [0.05, 0.1) is 36.6 Å². The molecule has 0 fully saturated rings. The van der Waals surface area contributed by atoms with Crippen LogP contribution >= 0.6 is 11.6 Å². The van der Waals surface area contributed by atoms with Crippen molar-refractivity contribution in [3.05, 3.63) is 58.4 Å². The first-order chi connectivity index (χ1) is 17.1. The lowest BCUT2D eigenvalue weighted by atomic mass is 10.0. The number of nitrogens with two attached hydrogens (primary N) is 1. The van der Waals surface area contributed by atoms with E-state index in [1.54, 1.807) is 22.9 Å².